The summed E-state index contributed by atoms with van der Waals surface area (Å²) in [6.45, 7) is 1.96. The van der Waals surface area contributed by atoms with Crippen molar-refractivity contribution >= 4 is 56.7 Å². The fraction of sp³-hybridized carbons (Fsp3) is 0.0312. The molecule has 3 aromatic carbocycles. The van der Waals surface area contributed by atoms with Gasteiger partial charge in [-0.3, -0.25) is 9.78 Å². The number of aryl methyl sites for hydroxylation is 1. The Morgan fingerprint density at radius 3 is 2.48 bits per heavy atom. The molecule has 40 heavy (non-hydrogen) atoms. The molecule has 0 atom stereocenters. The lowest BCUT2D eigenvalue weighted by Crippen LogP contribution is -2.14. The predicted molar refractivity (Wildman–Crippen MR) is 168 cm³/mol. The lowest BCUT2D eigenvalue weighted by molar-refractivity contribution is 0.102. The third-order valence-electron chi connectivity index (χ3n) is 6.44. The molecule has 0 unspecified atom stereocenters. The monoisotopic (exact) mass is 634 g/mol. The van der Waals surface area contributed by atoms with Crippen LogP contribution in [0.5, 0.6) is 0 Å². The van der Waals surface area contributed by atoms with Crippen molar-refractivity contribution in [3.05, 3.63) is 124 Å². The van der Waals surface area contributed by atoms with Gasteiger partial charge in [0, 0.05) is 50.0 Å². The van der Waals surface area contributed by atoms with Crippen LogP contribution in [0.1, 0.15) is 15.9 Å². The molecule has 0 aliphatic rings. The van der Waals surface area contributed by atoms with E-state index in [9.17, 15) is 4.79 Å². The fourth-order valence-corrected chi connectivity index (χ4v) is 4.88. The van der Waals surface area contributed by atoms with Gasteiger partial charge in [-0.2, -0.15) is 0 Å². The Morgan fingerprint density at radius 2 is 1.65 bits per heavy atom. The van der Waals surface area contributed by atoms with Crippen molar-refractivity contribution in [2.24, 2.45) is 0 Å². The molecule has 8 heteroatoms. The Kier molecular flexibility index (Phi) is 7.15. The van der Waals surface area contributed by atoms with Crippen LogP contribution in [0.3, 0.4) is 0 Å². The van der Waals surface area contributed by atoms with Crippen LogP contribution >= 0.6 is 22.6 Å². The Morgan fingerprint density at radius 1 is 0.800 bits per heavy atom. The number of hydrogen-bond acceptors (Lipinski definition) is 6. The zero-order valence-electron chi connectivity index (χ0n) is 21.5. The number of benzene rings is 3. The molecule has 0 saturated carbocycles. The average molecular weight is 634 g/mol. The number of anilines is 3. The second kappa shape index (κ2) is 11.2. The van der Waals surface area contributed by atoms with E-state index in [4.69, 9.17) is 4.98 Å². The maximum atomic E-state index is 13.8. The minimum absolute atomic E-state index is 0.207. The number of carbonyl (C=O) groups is 1. The lowest BCUT2D eigenvalue weighted by atomic mass is 10.0. The van der Waals surface area contributed by atoms with Gasteiger partial charge in [-0.25, -0.2) is 15.0 Å². The molecule has 3 aromatic heterocycles. The van der Waals surface area contributed by atoms with Gasteiger partial charge in [0.1, 0.15) is 0 Å². The van der Waals surface area contributed by atoms with Crippen LogP contribution in [0.15, 0.2) is 110 Å². The Labute approximate surface area is 244 Å². The summed E-state index contributed by atoms with van der Waals surface area (Å²) in [6, 6.07) is 29.1. The van der Waals surface area contributed by atoms with E-state index >= 15 is 0 Å². The SMILES string of the molecule is Cc1ccc(Nc2nccc(-c3cccnc3)n2)cc1NC(=O)c1cc(-c2ccccc2)nc2ccc(I)cc12. The van der Waals surface area contributed by atoms with Crippen LogP contribution in [0.4, 0.5) is 17.3 Å². The topological polar surface area (TPSA) is 92.7 Å². The number of aromatic nitrogens is 4. The quantitative estimate of drug-likeness (QED) is 0.183. The second-order valence-corrected chi connectivity index (χ2v) is 10.4. The molecule has 7 nitrogen and oxygen atoms in total. The fourth-order valence-electron chi connectivity index (χ4n) is 4.39. The predicted octanol–water partition coefficient (Wildman–Crippen LogP) is 7.66. The van der Waals surface area contributed by atoms with Gasteiger partial charge in [-0.1, -0.05) is 36.4 Å². The van der Waals surface area contributed by atoms with Crippen molar-refractivity contribution < 1.29 is 4.79 Å². The maximum absolute atomic E-state index is 13.8. The molecule has 3 heterocycles. The standard InChI is InChI=1S/C32H23IN6O/c1-20-9-11-24(36-32-35-15-13-27(39-32)22-8-5-14-34-19-22)17-29(20)38-31(40)26-18-30(21-6-3-2-4-7-21)37-28-12-10-23(33)16-25(26)28/h2-19H,1H3,(H,38,40)(H,35,36,39). The first-order valence-electron chi connectivity index (χ1n) is 12.6. The number of fused-ring (bicyclic) bond motifs is 1. The smallest absolute Gasteiger partial charge is 0.256 e. The van der Waals surface area contributed by atoms with E-state index in [1.54, 1.807) is 18.6 Å². The van der Waals surface area contributed by atoms with Crippen LogP contribution in [0.2, 0.25) is 0 Å². The van der Waals surface area contributed by atoms with Gasteiger partial charge in [-0.05, 0) is 89.7 Å². The summed E-state index contributed by atoms with van der Waals surface area (Å²) in [5, 5.41) is 7.18. The summed E-state index contributed by atoms with van der Waals surface area (Å²) >= 11 is 2.25. The Balaban J connectivity index is 1.31. The van der Waals surface area contributed by atoms with Gasteiger partial charge in [0.15, 0.2) is 0 Å². The van der Waals surface area contributed by atoms with Crippen molar-refractivity contribution in [2.75, 3.05) is 10.6 Å². The van der Waals surface area contributed by atoms with Gasteiger partial charge in [0.2, 0.25) is 5.95 Å². The number of carbonyl (C=O) groups excluding carboxylic acids is 1. The van der Waals surface area contributed by atoms with E-state index in [1.807, 2.05) is 97.9 Å². The minimum atomic E-state index is -0.207. The van der Waals surface area contributed by atoms with Crippen LogP contribution in [-0.4, -0.2) is 25.8 Å². The zero-order chi connectivity index (χ0) is 27.5. The highest BCUT2D eigenvalue weighted by molar-refractivity contribution is 14.1. The zero-order valence-corrected chi connectivity index (χ0v) is 23.6. The molecule has 6 rings (SSSR count). The van der Waals surface area contributed by atoms with E-state index in [0.29, 0.717) is 17.2 Å². The van der Waals surface area contributed by atoms with Gasteiger partial charge in [0.25, 0.3) is 5.91 Å². The van der Waals surface area contributed by atoms with Crippen molar-refractivity contribution in [1.29, 1.82) is 0 Å². The van der Waals surface area contributed by atoms with E-state index in [2.05, 4.69) is 48.2 Å². The molecular formula is C32H23IN6O. The molecule has 0 fully saturated rings. The van der Waals surface area contributed by atoms with Crippen LogP contribution in [-0.2, 0) is 0 Å². The number of amides is 1. The molecular weight excluding hydrogens is 611 g/mol. The summed E-state index contributed by atoms with van der Waals surface area (Å²) in [5.41, 5.74) is 7.07. The summed E-state index contributed by atoms with van der Waals surface area (Å²) in [5.74, 6) is 0.242. The van der Waals surface area contributed by atoms with Crippen LogP contribution < -0.4 is 10.6 Å². The average Bonchev–Trinajstić information content (AvgIpc) is 2.99. The molecule has 194 valence electrons. The van der Waals surface area contributed by atoms with Crippen LogP contribution in [0.25, 0.3) is 33.4 Å². The van der Waals surface area contributed by atoms with Crippen LogP contribution in [0, 0.1) is 10.5 Å². The maximum Gasteiger partial charge on any atom is 0.256 e. The molecule has 0 aliphatic heterocycles. The van der Waals surface area contributed by atoms with E-state index in [-0.39, 0.29) is 5.91 Å². The third-order valence-corrected chi connectivity index (χ3v) is 7.11. The lowest BCUT2D eigenvalue weighted by Gasteiger charge is -2.14. The highest BCUT2D eigenvalue weighted by atomic mass is 127. The van der Waals surface area contributed by atoms with Gasteiger partial charge in [-0.15, -0.1) is 0 Å². The van der Waals surface area contributed by atoms with Crippen molar-refractivity contribution in [2.45, 2.75) is 6.92 Å². The first-order valence-corrected chi connectivity index (χ1v) is 13.7. The van der Waals surface area contributed by atoms with Crippen molar-refractivity contribution in [1.82, 2.24) is 19.9 Å². The van der Waals surface area contributed by atoms with Gasteiger partial charge < -0.3 is 10.6 Å². The number of rotatable bonds is 6. The molecule has 0 saturated heterocycles. The summed E-state index contributed by atoms with van der Waals surface area (Å²) in [6.07, 6.45) is 5.19. The Hall–Kier alpha value is -4.70. The molecule has 1 amide bonds. The van der Waals surface area contributed by atoms with Gasteiger partial charge >= 0.3 is 0 Å². The normalized spacial score (nSPS) is 10.8. The highest BCUT2D eigenvalue weighted by Gasteiger charge is 2.16. The van der Waals surface area contributed by atoms with E-state index < -0.39 is 0 Å². The number of hydrogen-bond donors (Lipinski definition) is 2. The number of halogens is 1. The largest absolute Gasteiger partial charge is 0.324 e. The summed E-state index contributed by atoms with van der Waals surface area (Å²) in [4.78, 5) is 31.7. The molecule has 0 bridgehead atoms. The minimum Gasteiger partial charge on any atom is -0.324 e. The summed E-state index contributed by atoms with van der Waals surface area (Å²) in [7, 11) is 0. The number of nitrogens with zero attached hydrogens (tertiary/aromatic N) is 4. The molecule has 6 aromatic rings. The first kappa shape index (κ1) is 25.6. The molecule has 0 aliphatic carbocycles. The highest BCUT2D eigenvalue weighted by Crippen LogP contribution is 2.29. The summed E-state index contributed by atoms with van der Waals surface area (Å²) < 4.78 is 1.03. The van der Waals surface area contributed by atoms with Crippen molar-refractivity contribution in [3.8, 4) is 22.5 Å². The molecule has 0 radical (unpaired) electrons. The van der Waals surface area contributed by atoms with E-state index in [1.165, 1.54) is 0 Å². The molecule has 2 N–H and O–H groups in total. The third kappa shape index (κ3) is 5.52. The second-order valence-electron chi connectivity index (χ2n) is 9.20. The number of nitrogens with one attached hydrogen (secondary N) is 2. The van der Waals surface area contributed by atoms with Gasteiger partial charge in [0.05, 0.1) is 22.5 Å². The number of pyridine rings is 2. The Bertz CT molecular complexity index is 1840. The first-order chi connectivity index (χ1) is 19.5. The van der Waals surface area contributed by atoms with Crippen molar-refractivity contribution in [3.63, 3.8) is 0 Å². The van der Waals surface area contributed by atoms with E-state index in [0.717, 1.165) is 48.2 Å². The molecule has 0 spiro atoms.